The minimum absolute atomic E-state index is 0.258. The number of rotatable bonds is 2. The smallest absolute Gasteiger partial charge is 0.328 e. The molecule has 2 heterocycles. The number of nitrogens with zero attached hydrogens (tertiary/aromatic N) is 3. The summed E-state index contributed by atoms with van der Waals surface area (Å²) in [7, 11) is 1.39. The van der Waals surface area contributed by atoms with E-state index in [0.29, 0.717) is 11.4 Å². The molecule has 19 heavy (non-hydrogen) atoms. The summed E-state index contributed by atoms with van der Waals surface area (Å²) in [6.45, 7) is 2.60. The van der Waals surface area contributed by atoms with Crippen LogP contribution in [0, 0.1) is 18.3 Å². The molecule has 2 rings (SSSR count). The SMILES string of the molecule is COC(=O)C1CCCCN1c1nccc(C)c1C#N. The predicted octanol–water partition coefficient (Wildman–Crippen LogP) is 1.79. The third-order valence-corrected chi connectivity index (χ3v) is 3.50. The van der Waals surface area contributed by atoms with Crippen molar-refractivity contribution in [2.24, 2.45) is 0 Å². The molecule has 1 unspecified atom stereocenters. The van der Waals surface area contributed by atoms with Crippen LogP contribution in [0.2, 0.25) is 0 Å². The van der Waals surface area contributed by atoms with E-state index in [9.17, 15) is 10.1 Å². The van der Waals surface area contributed by atoms with Crippen LogP contribution in [-0.2, 0) is 9.53 Å². The Balaban J connectivity index is 2.41. The van der Waals surface area contributed by atoms with Gasteiger partial charge in [0.25, 0.3) is 0 Å². The molecular formula is C14H17N3O2. The van der Waals surface area contributed by atoms with Crippen LogP contribution in [0.4, 0.5) is 5.82 Å². The van der Waals surface area contributed by atoms with Crippen LogP contribution in [0.3, 0.4) is 0 Å². The van der Waals surface area contributed by atoms with Crippen molar-refractivity contribution in [3.05, 3.63) is 23.4 Å². The van der Waals surface area contributed by atoms with Crippen LogP contribution < -0.4 is 4.90 Å². The van der Waals surface area contributed by atoms with Gasteiger partial charge in [-0.25, -0.2) is 9.78 Å². The maximum Gasteiger partial charge on any atom is 0.328 e. The molecule has 1 aliphatic heterocycles. The maximum atomic E-state index is 11.9. The molecule has 100 valence electrons. The van der Waals surface area contributed by atoms with Crippen molar-refractivity contribution in [2.45, 2.75) is 32.2 Å². The van der Waals surface area contributed by atoms with Gasteiger partial charge in [0.05, 0.1) is 12.7 Å². The van der Waals surface area contributed by atoms with E-state index < -0.39 is 0 Å². The van der Waals surface area contributed by atoms with Gasteiger partial charge in [-0.1, -0.05) is 0 Å². The molecule has 0 saturated carbocycles. The number of pyridine rings is 1. The van der Waals surface area contributed by atoms with Gasteiger partial charge in [0.15, 0.2) is 0 Å². The lowest BCUT2D eigenvalue weighted by Gasteiger charge is -2.35. The lowest BCUT2D eigenvalue weighted by molar-refractivity contribution is -0.142. The Hall–Kier alpha value is -2.09. The van der Waals surface area contributed by atoms with Crippen LogP contribution in [0.5, 0.6) is 0 Å². The Morgan fingerprint density at radius 2 is 2.37 bits per heavy atom. The lowest BCUT2D eigenvalue weighted by atomic mass is 10.0. The molecule has 1 aliphatic rings. The number of hydrogen-bond donors (Lipinski definition) is 0. The first-order valence-corrected chi connectivity index (χ1v) is 6.39. The Bertz CT molecular complexity index is 522. The number of anilines is 1. The van der Waals surface area contributed by atoms with Crippen LogP contribution in [-0.4, -0.2) is 30.6 Å². The van der Waals surface area contributed by atoms with E-state index in [2.05, 4.69) is 11.1 Å². The maximum absolute atomic E-state index is 11.9. The Morgan fingerprint density at radius 1 is 1.58 bits per heavy atom. The van der Waals surface area contributed by atoms with Crippen LogP contribution in [0.15, 0.2) is 12.3 Å². The highest BCUT2D eigenvalue weighted by Crippen LogP contribution is 2.27. The van der Waals surface area contributed by atoms with E-state index >= 15 is 0 Å². The van der Waals surface area contributed by atoms with Gasteiger partial charge in [-0.15, -0.1) is 0 Å². The summed E-state index contributed by atoms with van der Waals surface area (Å²) in [5.74, 6) is 0.337. The zero-order chi connectivity index (χ0) is 13.8. The molecule has 0 aromatic carbocycles. The van der Waals surface area contributed by atoms with Crippen molar-refractivity contribution in [1.29, 1.82) is 5.26 Å². The molecule has 0 aliphatic carbocycles. The molecule has 0 radical (unpaired) electrons. The predicted molar refractivity (Wildman–Crippen MR) is 70.7 cm³/mol. The van der Waals surface area contributed by atoms with Gasteiger partial charge in [-0.3, -0.25) is 0 Å². The Labute approximate surface area is 112 Å². The van der Waals surface area contributed by atoms with Gasteiger partial charge in [0.1, 0.15) is 17.9 Å². The average molecular weight is 259 g/mol. The first-order valence-electron chi connectivity index (χ1n) is 6.39. The van der Waals surface area contributed by atoms with E-state index in [1.165, 1.54) is 7.11 Å². The minimum atomic E-state index is -0.333. The van der Waals surface area contributed by atoms with Gasteiger partial charge >= 0.3 is 5.97 Å². The molecule has 0 amide bonds. The average Bonchev–Trinajstić information content (AvgIpc) is 2.46. The summed E-state index contributed by atoms with van der Waals surface area (Å²) in [5.41, 5.74) is 1.42. The lowest BCUT2D eigenvalue weighted by Crippen LogP contribution is -2.46. The number of hydrogen-bond acceptors (Lipinski definition) is 5. The summed E-state index contributed by atoms with van der Waals surface area (Å²) in [4.78, 5) is 18.1. The minimum Gasteiger partial charge on any atom is -0.467 e. The number of methoxy groups -OCH3 is 1. The highest BCUT2D eigenvalue weighted by atomic mass is 16.5. The number of nitriles is 1. The van der Waals surface area contributed by atoms with Crippen molar-refractivity contribution in [2.75, 3.05) is 18.6 Å². The van der Waals surface area contributed by atoms with Crippen LogP contribution in [0.1, 0.15) is 30.4 Å². The highest BCUT2D eigenvalue weighted by molar-refractivity contribution is 5.80. The zero-order valence-electron chi connectivity index (χ0n) is 11.2. The number of aromatic nitrogens is 1. The number of aryl methyl sites for hydroxylation is 1. The molecule has 1 saturated heterocycles. The molecule has 1 aromatic rings. The summed E-state index contributed by atoms with van der Waals surface area (Å²) in [5, 5.41) is 9.28. The summed E-state index contributed by atoms with van der Waals surface area (Å²) >= 11 is 0. The van der Waals surface area contributed by atoms with Crippen molar-refractivity contribution >= 4 is 11.8 Å². The van der Waals surface area contributed by atoms with Crippen LogP contribution in [0.25, 0.3) is 0 Å². The molecule has 0 N–H and O–H groups in total. The Kier molecular flexibility index (Phi) is 4.00. The third kappa shape index (κ3) is 2.53. The fourth-order valence-electron chi connectivity index (χ4n) is 2.47. The van der Waals surface area contributed by atoms with E-state index in [4.69, 9.17) is 4.74 Å². The van der Waals surface area contributed by atoms with E-state index in [1.54, 1.807) is 12.3 Å². The second kappa shape index (κ2) is 5.70. The summed E-state index contributed by atoms with van der Waals surface area (Å²) in [6.07, 6.45) is 4.40. The fourth-order valence-corrected chi connectivity index (χ4v) is 2.47. The number of piperidine rings is 1. The number of carbonyl (C=O) groups excluding carboxylic acids is 1. The molecule has 1 aromatic heterocycles. The van der Waals surface area contributed by atoms with Gasteiger partial charge in [0, 0.05) is 12.7 Å². The highest BCUT2D eigenvalue weighted by Gasteiger charge is 2.31. The Morgan fingerprint density at radius 3 is 3.05 bits per heavy atom. The quantitative estimate of drug-likeness (QED) is 0.757. The fraction of sp³-hybridized carbons (Fsp3) is 0.500. The van der Waals surface area contributed by atoms with Gasteiger partial charge in [-0.2, -0.15) is 5.26 Å². The topological polar surface area (TPSA) is 66.2 Å². The second-order valence-corrected chi connectivity index (χ2v) is 4.67. The first kappa shape index (κ1) is 13.3. The summed E-state index contributed by atoms with van der Waals surface area (Å²) in [6, 6.07) is 3.65. The molecule has 1 fully saturated rings. The van der Waals surface area contributed by atoms with E-state index in [-0.39, 0.29) is 12.0 Å². The van der Waals surface area contributed by atoms with Gasteiger partial charge in [-0.05, 0) is 37.8 Å². The first-order chi connectivity index (χ1) is 9.19. The third-order valence-electron chi connectivity index (χ3n) is 3.50. The number of ether oxygens (including phenoxy) is 1. The van der Waals surface area contributed by atoms with Crippen molar-refractivity contribution in [3.8, 4) is 6.07 Å². The van der Waals surface area contributed by atoms with E-state index in [1.807, 2.05) is 11.8 Å². The molecular weight excluding hydrogens is 242 g/mol. The zero-order valence-corrected chi connectivity index (χ0v) is 11.2. The second-order valence-electron chi connectivity index (χ2n) is 4.67. The molecule has 0 bridgehead atoms. The molecule has 5 heteroatoms. The van der Waals surface area contributed by atoms with Crippen molar-refractivity contribution in [3.63, 3.8) is 0 Å². The van der Waals surface area contributed by atoms with E-state index in [0.717, 1.165) is 31.4 Å². The monoisotopic (exact) mass is 259 g/mol. The molecule has 1 atom stereocenters. The molecule has 0 spiro atoms. The number of carbonyl (C=O) groups is 1. The standard InChI is InChI=1S/C14H17N3O2/c1-10-6-7-16-13(11(10)9-15)17-8-4-3-5-12(17)14(18)19-2/h6-7,12H,3-5,8H2,1-2H3. The van der Waals surface area contributed by atoms with Gasteiger partial charge in [0.2, 0.25) is 0 Å². The van der Waals surface area contributed by atoms with Gasteiger partial charge < -0.3 is 9.64 Å². The van der Waals surface area contributed by atoms with Crippen molar-refractivity contribution in [1.82, 2.24) is 4.98 Å². The number of esters is 1. The summed E-state index contributed by atoms with van der Waals surface area (Å²) < 4.78 is 4.85. The largest absolute Gasteiger partial charge is 0.467 e. The normalized spacial score (nSPS) is 18.8. The van der Waals surface area contributed by atoms with Crippen LogP contribution >= 0.6 is 0 Å². The van der Waals surface area contributed by atoms with Crippen molar-refractivity contribution < 1.29 is 9.53 Å². The molecule has 5 nitrogen and oxygen atoms in total.